The zero-order valence-electron chi connectivity index (χ0n) is 9.55. The molecule has 0 bridgehead atoms. The van der Waals surface area contributed by atoms with E-state index in [1.165, 1.54) is 0 Å². The number of aliphatic carboxylic acids is 1. The first-order valence-corrected chi connectivity index (χ1v) is 5.56. The van der Waals surface area contributed by atoms with E-state index in [1.807, 2.05) is 37.3 Å². The summed E-state index contributed by atoms with van der Waals surface area (Å²) in [7, 11) is 0. The third-order valence-corrected chi connectivity index (χ3v) is 2.63. The minimum Gasteiger partial charge on any atom is -0.480 e. The summed E-state index contributed by atoms with van der Waals surface area (Å²) in [5.74, 6) is -0.264. The van der Waals surface area contributed by atoms with Crippen molar-refractivity contribution in [1.29, 1.82) is 0 Å². The molecule has 1 aromatic carbocycles. The smallest absolute Gasteiger partial charge is 0.326 e. The standard InChI is InChI=1S/C13H14N2O2/c1-2-10(13(16)17)14-12-8-7-9-5-3-4-6-11(9)15-12/h3-8,10H,2H2,1H3,(H,14,15)(H,16,17). The predicted molar refractivity (Wildman–Crippen MR) is 67.1 cm³/mol. The van der Waals surface area contributed by atoms with Crippen LogP contribution in [0.2, 0.25) is 0 Å². The molecule has 17 heavy (non-hydrogen) atoms. The number of anilines is 1. The lowest BCUT2D eigenvalue weighted by atomic mass is 10.2. The Morgan fingerprint density at radius 1 is 1.35 bits per heavy atom. The minimum atomic E-state index is -0.859. The van der Waals surface area contributed by atoms with E-state index < -0.39 is 12.0 Å². The second-order valence-corrected chi connectivity index (χ2v) is 3.83. The molecule has 4 nitrogen and oxygen atoms in total. The van der Waals surface area contributed by atoms with Gasteiger partial charge in [-0.1, -0.05) is 25.1 Å². The Morgan fingerprint density at radius 2 is 2.12 bits per heavy atom. The molecule has 2 N–H and O–H groups in total. The molecular weight excluding hydrogens is 216 g/mol. The maximum atomic E-state index is 10.9. The number of aromatic nitrogens is 1. The highest BCUT2D eigenvalue weighted by molar-refractivity contribution is 5.81. The SMILES string of the molecule is CCC(Nc1ccc2ccccc2n1)C(=O)O. The summed E-state index contributed by atoms with van der Waals surface area (Å²) in [6.45, 7) is 1.83. The van der Waals surface area contributed by atoms with Crippen molar-refractivity contribution >= 4 is 22.7 Å². The number of para-hydroxylation sites is 1. The maximum absolute atomic E-state index is 10.9. The Balaban J connectivity index is 2.27. The van der Waals surface area contributed by atoms with Crippen LogP contribution in [0.1, 0.15) is 13.3 Å². The van der Waals surface area contributed by atoms with E-state index in [2.05, 4.69) is 10.3 Å². The predicted octanol–water partition coefficient (Wildman–Crippen LogP) is 2.51. The van der Waals surface area contributed by atoms with Crippen LogP contribution in [0.3, 0.4) is 0 Å². The van der Waals surface area contributed by atoms with Crippen LogP contribution < -0.4 is 5.32 Å². The Labute approximate surface area is 99.3 Å². The topological polar surface area (TPSA) is 62.2 Å². The van der Waals surface area contributed by atoms with Gasteiger partial charge in [-0.15, -0.1) is 0 Å². The number of fused-ring (bicyclic) bond motifs is 1. The summed E-state index contributed by atoms with van der Waals surface area (Å²) >= 11 is 0. The van der Waals surface area contributed by atoms with Gasteiger partial charge in [0.25, 0.3) is 0 Å². The summed E-state index contributed by atoms with van der Waals surface area (Å²) < 4.78 is 0. The van der Waals surface area contributed by atoms with Gasteiger partial charge >= 0.3 is 5.97 Å². The second-order valence-electron chi connectivity index (χ2n) is 3.83. The van der Waals surface area contributed by atoms with Crippen molar-refractivity contribution in [2.45, 2.75) is 19.4 Å². The van der Waals surface area contributed by atoms with Crippen LogP contribution in [0.15, 0.2) is 36.4 Å². The van der Waals surface area contributed by atoms with Gasteiger partial charge in [0.15, 0.2) is 0 Å². The van der Waals surface area contributed by atoms with Gasteiger partial charge < -0.3 is 10.4 Å². The number of carboxylic acids is 1. The van der Waals surface area contributed by atoms with Crippen molar-refractivity contribution in [3.05, 3.63) is 36.4 Å². The largest absolute Gasteiger partial charge is 0.480 e. The highest BCUT2D eigenvalue weighted by Crippen LogP contribution is 2.15. The molecule has 0 spiro atoms. The van der Waals surface area contributed by atoms with Crippen LogP contribution in [0.25, 0.3) is 10.9 Å². The van der Waals surface area contributed by atoms with Crippen molar-refractivity contribution in [2.24, 2.45) is 0 Å². The number of pyridine rings is 1. The van der Waals surface area contributed by atoms with Crippen LogP contribution in [-0.2, 0) is 4.79 Å². The maximum Gasteiger partial charge on any atom is 0.326 e. The van der Waals surface area contributed by atoms with E-state index >= 15 is 0 Å². The summed E-state index contributed by atoms with van der Waals surface area (Å²) in [5.41, 5.74) is 0.859. The molecule has 0 aliphatic heterocycles. The van der Waals surface area contributed by atoms with Gasteiger partial charge in [0.2, 0.25) is 0 Å². The van der Waals surface area contributed by atoms with Gasteiger partial charge in [-0.2, -0.15) is 0 Å². The molecule has 0 amide bonds. The number of carbonyl (C=O) groups is 1. The molecule has 1 heterocycles. The van der Waals surface area contributed by atoms with E-state index in [0.717, 1.165) is 10.9 Å². The lowest BCUT2D eigenvalue weighted by molar-refractivity contribution is -0.137. The Morgan fingerprint density at radius 3 is 2.82 bits per heavy atom. The molecule has 2 aromatic rings. The van der Waals surface area contributed by atoms with E-state index in [9.17, 15) is 4.79 Å². The molecule has 0 radical (unpaired) electrons. The van der Waals surface area contributed by atoms with Crippen molar-refractivity contribution < 1.29 is 9.90 Å². The molecule has 1 atom stereocenters. The van der Waals surface area contributed by atoms with Gasteiger partial charge in [0.05, 0.1) is 5.52 Å². The third-order valence-electron chi connectivity index (χ3n) is 2.63. The number of nitrogens with one attached hydrogen (secondary N) is 1. The molecule has 1 aromatic heterocycles. The number of rotatable bonds is 4. The van der Waals surface area contributed by atoms with Gasteiger partial charge in [-0.3, -0.25) is 0 Å². The Hall–Kier alpha value is -2.10. The Bertz CT molecular complexity index is 540. The molecule has 0 aliphatic carbocycles. The number of benzene rings is 1. The van der Waals surface area contributed by atoms with Crippen molar-refractivity contribution in [3.8, 4) is 0 Å². The number of nitrogens with zero attached hydrogens (tertiary/aromatic N) is 1. The van der Waals surface area contributed by atoms with E-state index in [-0.39, 0.29) is 0 Å². The lowest BCUT2D eigenvalue weighted by Crippen LogP contribution is -2.28. The molecule has 0 fully saturated rings. The third kappa shape index (κ3) is 2.53. The molecule has 2 rings (SSSR count). The minimum absolute atomic E-state index is 0.518. The highest BCUT2D eigenvalue weighted by Gasteiger charge is 2.14. The fourth-order valence-corrected chi connectivity index (χ4v) is 1.66. The number of carboxylic acid groups (broad SMARTS) is 1. The quantitative estimate of drug-likeness (QED) is 0.847. The average molecular weight is 230 g/mol. The van der Waals surface area contributed by atoms with Gasteiger partial charge in [-0.05, 0) is 24.6 Å². The van der Waals surface area contributed by atoms with E-state index in [0.29, 0.717) is 12.2 Å². The molecule has 0 saturated heterocycles. The molecule has 88 valence electrons. The van der Waals surface area contributed by atoms with Gasteiger partial charge in [0.1, 0.15) is 11.9 Å². The van der Waals surface area contributed by atoms with Gasteiger partial charge in [0, 0.05) is 5.39 Å². The molecule has 4 heteroatoms. The second kappa shape index (κ2) is 4.82. The average Bonchev–Trinajstić information content (AvgIpc) is 2.35. The normalized spacial score (nSPS) is 12.3. The zero-order valence-corrected chi connectivity index (χ0v) is 9.55. The number of hydrogen-bond donors (Lipinski definition) is 2. The van der Waals surface area contributed by atoms with Crippen LogP contribution in [0.5, 0.6) is 0 Å². The molecule has 1 unspecified atom stereocenters. The first-order valence-electron chi connectivity index (χ1n) is 5.56. The van der Waals surface area contributed by atoms with Crippen molar-refractivity contribution in [3.63, 3.8) is 0 Å². The highest BCUT2D eigenvalue weighted by atomic mass is 16.4. The van der Waals surface area contributed by atoms with Gasteiger partial charge in [-0.25, -0.2) is 9.78 Å². The monoisotopic (exact) mass is 230 g/mol. The molecule has 0 saturated carbocycles. The molecule has 0 aliphatic rings. The van der Waals surface area contributed by atoms with E-state index in [1.54, 1.807) is 6.07 Å². The van der Waals surface area contributed by atoms with Crippen molar-refractivity contribution in [2.75, 3.05) is 5.32 Å². The first-order chi connectivity index (χ1) is 8.20. The number of hydrogen-bond acceptors (Lipinski definition) is 3. The van der Waals surface area contributed by atoms with E-state index in [4.69, 9.17) is 5.11 Å². The summed E-state index contributed by atoms with van der Waals surface area (Å²) in [6.07, 6.45) is 0.518. The fourth-order valence-electron chi connectivity index (χ4n) is 1.66. The molecular formula is C13H14N2O2. The van der Waals surface area contributed by atoms with Crippen LogP contribution in [0, 0.1) is 0 Å². The lowest BCUT2D eigenvalue weighted by Gasteiger charge is -2.13. The Kier molecular flexibility index (Phi) is 3.23. The van der Waals surface area contributed by atoms with Crippen LogP contribution in [-0.4, -0.2) is 22.1 Å². The zero-order chi connectivity index (χ0) is 12.3. The fraction of sp³-hybridized carbons (Fsp3) is 0.231. The van der Waals surface area contributed by atoms with Crippen LogP contribution in [0.4, 0.5) is 5.82 Å². The summed E-state index contributed by atoms with van der Waals surface area (Å²) in [6, 6.07) is 10.9. The van der Waals surface area contributed by atoms with Crippen LogP contribution >= 0.6 is 0 Å². The first kappa shape index (κ1) is 11.4. The van der Waals surface area contributed by atoms with Crippen molar-refractivity contribution in [1.82, 2.24) is 4.98 Å². The summed E-state index contributed by atoms with van der Waals surface area (Å²) in [5, 5.41) is 12.9. The summed E-state index contributed by atoms with van der Waals surface area (Å²) in [4.78, 5) is 15.3.